The van der Waals surface area contributed by atoms with Crippen molar-refractivity contribution in [3.8, 4) is 0 Å². The van der Waals surface area contributed by atoms with Crippen molar-refractivity contribution in [2.24, 2.45) is 5.84 Å². The van der Waals surface area contributed by atoms with Gasteiger partial charge in [-0.2, -0.15) is 0 Å². The van der Waals surface area contributed by atoms with Crippen molar-refractivity contribution < 1.29 is 8.78 Å². The van der Waals surface area contributed by atoms with Crippen molar-refractivity contribution in [1.82, 2.24) is 5.43 Å². The van der Waals surface area contributed by atoms with E-state index in [0.29, 0.717) is 10.9 Å². The number of benzene rings is 3. The maximum absolute atomic E-state index is 13.9. The molecule has 0 amide bonds. The molecule has 4 heteroatoms. The summed E-state index contributed by atoms with van der Waals surface area (Å²) in [6, 6.07) is 16.0. The van der Waals surface area contributed by atoms with Crippen LogP contribution in [0.2, 0.25) is 0 Å². The summed E-state index contributed by atoms with van der Waals surface area (Å²) in [6.45, 7) is 0. The van der Waals surface area contributed by atoms with Gasteiger partial charge in [-0.3, -0.25) is 5.84 Å². The SMILES string of the molecule is NNC(c1cccc(F)c1)c1ccc(F)c2ccccc12. The Kier molecular flexibility index (Phi) is 3.64. The predicted octanol–water partition coefficient (Wildman–Crippen LogP) is 3.67. The first kappa shape index (κ1) is 13.7. The first-order chi connectivity index (χ1) is 10.2. The van der Waals surface area contributed by atoms with Crippen LogP contribution in [0.3, 0.4) is 0 Å². The highest BCUT2D eigenvalue weighted by molar-refractivity contribution is 5.87. The summed E-state index contributed by atoms with van der Waals surface area (Å²) in [5.41, 5.74) is 4.18. The quantitative estimate of drug-likeness (QED) is 0.569. The van der Waals surface area contributed by atoms with Crippen LogP contribution in [-0.4, -0.2) is 0 Å². The zero-order chi connectivity index (χ0) is 14.8. The molecule has 0 aromatic heterocycles. The van der Waals surface area contributed by atoms with Gasteiger partial charge in [0.25, 0.3) is 0 Å². The predicted molar refractivity (Wildman–Crippen MR) is 79.5 cm³/mol. The van der Waals surface area contributed by atoms with Gasteiger partial charge < -0.3 is 0 Å². The number of fused-ring (bicyclic) bond motifs is 1. The molecule has 3 rings (SSSR count). The number of hydrazine groups is 1. The summed E-state index contributed by atoms with van der Waals surface area (Å²) in [6.07, 6.45) is 0. The third-order valence-electron chi connectivity index (χ3n) is 3.56. The highest BCUT2D eigenvalue weighted by atomic mass is 19.1. The van der Waals surface area contributed by atoms with Crippen LogP contribution < -0.4 is 11.3 Å². The second-order valence-corrected chi connectivity index (χ2v) is 4.84. The van der Waals surface area contributed by atoms with E-state index in [1.54, 1.807) is 30.3 Å². The largest absolute Gasteiger partial charge is 0.271 e. The highest BCUT2D eigenvalue weighted by Gasteiger charge is 2.17. The molecule has 3 aromatic rings. The van der Waals surface area contributed by atoms with E-state index in [2.05, 4.69) is 5.43 Å². The molecule has 0 radical (unpaired) electrons. The standard InChI is InChI=1S/C17H14F2N2/c18-12-5-3-4-11(10-12)17(21-20)15-8-9-16(19)14-7-2-1-6-13(14)15/h1-10,17,21H,20H2. The van der Waals surface area contributed by atoms with E-state index in [1.807, 2.05) is 12.1 Å². The second-order valence-electron chi connectivity index (χ2n) is 4.84. The molecule has 3 N–H and O–H groups in total. The number of hydrogen-bond donors (Lipinski definition) is 2. The lowest BCUT2D eigenvalue weighted by Gasteiger charge is -2.19. The van der Waals surface area contributed by atoms with Gasteiger partial charge in [-0.15, -0.1) is 0 Å². The van der Waals surface area contributed by atoms with Crippen molar-refractivity contribution in [2.45, 2.75) is 6.04 Å². The average Bonchev–Trinajstić information content (AvgIpc) is 2.51. The maximum Gasteiger partial charge on any atom is 0.131 e. The summed E-state index contributed by atoms with van der Waals surface area (Å²) in [4.78, 5) is 0. The van der Waals surface area contributed by atoms with Crippen molar-refractivity contribution in [3.05, 3.63) is 83.4 Å². The molecule has 2 nitrogen and oxygen atoms in total. The number of hydrogen-bond acceptors (Lipinski definition) is 2. The molecule has 0 saturated heterocycles. The van der Waals surface area contributed by atoms with E-state index < -0.39 is 6.04 Å². The van der Waals surface area contributed by atoms with E-state index in [0.717, 1.165) is 10.9 Å². The molecule has 0 aliphatic carbocycles. The van der Waals surface area contributed by atoms with Crippen molar-refractivity contribution in [2.75, 3.05) is 0 Å². The molecule has 21 heavy (non-hydrogen) atoms. The Hall–Kier alpha value is -2.30. The Balaban J connectivity index is 2.20. The summed E-state index contributed by atoms with van der Waals surface area (Å²) >= 11 is 0. The molecule has 0 aliphatic rings. The Morgan fingerprint density at radius 2 is 1.62 bits per heavy atom. The molecule has 1 unspecified atom stereocenters. The molecule has 0 bridgehead atoms. The second kappa shape index (κ2) is 5.60. The molecule has 106 valence electrons. The lowest BCUT2D eigenvalue weighted by molar-refractivity contribution is 0.605. The van der Waals surface area contributed by atoms with Crippen molar-refractivity contribution in [3.63, 3.8) is 0 Å². The Labute approximate surface area is 121 Å². The number of nitrogens with one attached hydrogen (secondary N) is 1. The fourth-order valence-corrected chi connectivity index (χ4v) is 2.59. The molecule has 0 spiro atoms. The average molecular weight is 284 g/mol. The van der Waals surface area contributed by atoms with Crippen LogP contribution in [0.5, 0.6) is 0 Å². The molecule has 1 atom stereocenters. The van der Waals surface area contributed by atoms with Crippen LogP contribution in [0.1, 0.15) is 17.2 Å². The van der Waals surface area contributed by atoms with Gasteiger partial charge in [-0.05, 0) is 34.7 Å². The topological polar surface area (TPSA) is 38.0 Å². The normalized spacial score (nSPS) is 12.5. The number of nitrogens with two attached hydrogens (primary N) is 1. The highest BCUT2D eigenvalue weighted by Crippen LogP contribution is 2.30. The summed E-state index contributed by atoms with van der Waals surface area (Å²) in [7, 11) is 0. The zero-order valence-electron chi connectivity index (χ0n) is 11.2. The summed E-state index contributed by atoms with van der Waals surface area (Å²) in [5.74, 6) is 5.03. The van der Waals surface area contributed by atoms with Gasteiger partial charge in [0.2, 0.25) is 0 Å². The van der Waals surface area contributed by atoms with Crippen LogP contribution in [-0.2, 0) is 0 Å². The lowest BCUT2D eigenvalue weighted by Crippen LogP contribution is -2.29. The van der Waals surface area contributed by atoms with Gasteiger partial charge in [0, 0.05) is 5.39 Å². The molecular formula is C17H14F2N2. The Morgan fingerprint density at radius 1 is 0.857 bits per heavy atom. The van der Waals surface area contributed by atoms with Crippen molar-refractivity contribution >= 4 is 10.8 Å². The van der Waals surface area contributed by atoms with E-state index in [-0.39, 0.29) is 11.6 Å². The Bertz CT molecular complexity index is 787. The number of halogens is 2. The Morgan fingerprint density at radius 3 is 2.33 bits per heavy atom. The van der Waals surface area contributed by atoms with Gasteiger partial charge >= 0.3 is 0 Å². The van der Waals surface area contributed by atoms with Crippen LogP contribution >= 0.6 is 0 Å². The van der Waals surface area contributed by atoms with Crippen LogP contribution in [0.15, 0.2) is 60.7 Å². The minimum atomic E-state index is -0.411. The van der Waals surface area contributed by atoms with E-state index >= 15 is 0 Å². The first-order valence-electron chi connectivity index (χ1n) is 6.59. The molecular weight excluding hydrogens is 270 g/mol. The third kappa shape index (κ3) is 2.51. The smallest absolute Gasteiger partial charge is 0.131 e. The van der Waals surface area contributed by atoms with Crippen LogP contribution in [0.4, 0.5) is 8.78 Å². The van der Waals surface area contributed by atoms with E-state index in [1.165, 1.54) is 18.2 Å². The maximum atomic E-state index is 13.9. The van der Waals surface area contributed by atoms with Crippen molar-refractivity contribution in [1.29, 1.82) is 0 Å². The monoisotopic (exact) mass is 284 g/mol. The van der Waals surface area contributed by atoms with Gasteiger partial charge in [0.1, 0.15) is 11.6 Å². The number of rotatable bonds is 3. The van der Waals surface area contributed by atoms with Crippen LogP contribution in [0.25, 0.3) is 10.8 Å². The summed E-state index contributed by atoms with van der Waals surface area (Å²) < 4.78 is 27.3. The lowest BCUT2D eigenvalue weighted by atomic mass is 9.94. The van der Waals surface area contributed by atoms with Gasteiger partial charge in [0.05, 0.1) is 6.04 Å². The molecule has 0 fully saturated rings. The molecule has 0 heterocycles. The van der Waals surface area contributed by atoms with Crippen LogP contribution in [0, 0.1) is 11.6 Å². The van der Waals surface area contributed by atoms with E-state index in [4.69, 9.17) is 5.84 Å². The fraction of sp³-hybridized carbons (Fsp3) is 0.0588. The van der Waals surface area contributed by atoms with E-state index in [9.17, 15) is 8.78 Å². The minimum Gasteiger partial charge on any atom is -0.271 e. The molecule has 3 aromatic carbocycles. The molecule has 0 saturated carbocycles. The zero-order valence-corrected chi connectivity index (χ0v) is 11.2. The first-order valence-corrected chi connectivity index (χ1v) is 6.59. The fourth-order valence-electron chi connectivity index (χ4n) is 2.59. The van der Waals surface area contributed by atoms with Gasteiger partial charge in [0.15, 0.2) is 0 Å². The minimum absolute atomic E-state index is 0.288. The molecule has 0 aliphatic heterocycles. The van der Waals surface area contributed by atoms with Gasteiger partial charge in [-0.25, -0.2) is 14.2 Å². The van der Waals surface area contributed by atoms with Gasteiger partial charge in [-0.1, -0.05) is 42.5 Å². The summed E-state index contributed by atoms with van der Waals surface area (Å²) in [5, 5.41) is 1.27. The third-order valence-corrected chi connectivity index (χ3v) is 3.56.